The molecule has 110 valence electrons. The van der Waals surface area contributed by atoms with Gasteiger partial charge in [0.05, 0.1) is 6.54 Å². The Morgan fingerprint density at radius 3 is 2.45 bits per heavy atom. The number of hydrogen-bond donors (Lipinski definition) is 2. The van der Waals surface area contributed by atoms with E-state index in [2.05, 4.69) is 17.2 Å². The second-order valence-electron chi connectivity index (χ2n) is 4.23. The summed E-state index contributed by atoms with van der Waals surface area (Å²) in [5.74, 6) is -0.439. The van der Waals surface area contributed by atoms with E-state index in [1.165, 1.54) is 0 Å². The average molecular weight is 276 g/mol. The molecular weight excluding hydrogens is 252 g/mol. The van der Waals surface area contributed by atoms with E-state index in [0.29, 0.717) is 12.1 Å². The van der Waals surface area contributed by atoms with Gasteiger partial charge in [-0.05, 0) is 25.8 Å². The largest absolute Gasteiger partial charge is 0.350 e. The Morgan fingerprint density at radius 2 is 1.90 bits per heavy atom. The lowest BCUT2D eigenvalue weighted by molar-refractivity contribution is -0.124. The minimum atomic E-state index is -0.226. The zero-order valence-electron chi connectivity index (χ0n) is 12.5. The number of allylic oxidation sites excluding steroid dienone is 4. The maximum Gasteiger partial charge on any atom is 0.247 e. The fourth-order valence-electron chi connectivity index (χ4n) is 1.38. The molecule has 4 heteroatoms. The highest BCUT2D eigenvalue weighted by Crippen LogP contribution is 1.95. The Bertz CT molecular complexity index is 432. The van der Waals surface area contributed by atoms with Gasteiger partial charge in [0.15, 0.2) is 0 Å². The summed E-state index contributed by atoms with van der Waals surface area (Å²) in [7, 11) is 0. The topological polar surface area (TPSA) is 58.2 Å². The zero-order chi connectivity index (χ0) is 15.4. The summed E-state index contributed by atoms with van der Waals surface area (Å²) in [4.78, 5) is 23.2. The van der Waals surface area contributed by atoms with Crippen LogP contribution in [0.15, 0.2) is 48.1 Å². The van der Waals surface area contributed by atoms with Gasteiger partial charge in [-0.15, -0.1) is 0 Å². The van der Waals surface area contributed by atoms with Crippen molar-refractivity contribution in [1.29, 1.82) is 0 Å². The minimum Gasteiger partial charge on any atom is -0.350 e. The lowest BCUT2D eigenvalue weighted by atomic mass is 10.2. The van der Waals surface area contributed by atoms with Crippen LogP contribution in [0.2, 0.25) is 0 Å². The normalized spacial score (nSPS) is 12.3. The van der Waals surface area contributed by atoms with E-state index < -0.39 is 0 Å². The molecule has 0 unspecified atom stereocenters. The Balaban J connectivity index is 4.15. The molecule has 0 saturated carbocycles. The highest BCUT2D eigenvalue weighted by atomic mass is 16.2. The van der Waals surface area contributed by atoms with Crippen molar-refractivity contribution in [2.24, 2.45) is 0 Å². The summed E-state index contributed by atoms with van der Waals surface area (Å²) in [6.45, 7) is 9.65. The van der Waals surface area contributed by atoms with Gasteiger partial charge in [-0.25, -0.2) is 0 Å². The maximum absolute atomic E-state index is 11.6. The summed E-state index contributed by atoms with van der Waals surface area (Å²) in [6, 6.07) is 0. The Labute approximate surface area is 121 Å². The Kier molecular flexibility index (Phi) is 9.66. The van der Waals surface area contributed by atoms with Crippen molar-refractivity contribution in [2.45, 2.75) is 27.2 Å². The van der Waals surface area contributed by atoms with Crippen LogP contribution in [0.3, 0.4) is 0 Å². The first kappa shape index (κ1) is 17.9. The van der Waals surface area contributed by atoms with Crippen molar-refractivity contribution in [2.75, 3.05) is 13.1 Å². The van der Waals surface area contributed by atoms with Crippen LogP contribution in [-0.4, -0.2) is 24.9 Å². The second kappa shape index (κ2) is 10.8. The molecule has 0 aliphatic carbocycles. The van der Waals surface area contributed by atoms with Crippen molar-refractivity contribution in [3.63, 3.8) is 0 Å². The van der Waals surface area contributed by atoms with E-state index in [9.17, 15) is 9.59 Å². The number of carbonyl (C=O) groups is 2. The van der Waals surface area contributed by atoms with Gasteiger partial charge >= 0.3 is 0 Å². The van der Waals surface area contributed by atoms with Gasteiger partial charge in [0.1, 0.15) is 0 Å². The zero-order valence-corrected chi connectivity index (χ0v) is 12.5. The first-order valence-corrected chi connectivity index (χ1v) is 6.71. The molecule has 0 aromatic carbocycles. The summed E-state index contributed by atoms with van der Waals surface area (Å²) >= 11 is 0. The first-order valence-electron chi connectivity index (χ1n) is 6.71. The van der Waals surface area contributed by atoms with E-state index >= 15 is 0 Å². The average Bonchev–Trinajstić information content (AvgIpc) is 2.45. The van der Waals surface area contributed by atoms with Gasteiger partial charge in [-0.3, -0.25) is 9.59 Å². The molecule has 0 aliphatic rings. The molecule has 2 amide bonds. The van der Waals surface area contributed by atoms with Crippen molar-refractivity contribution in [3.8, 4) is 0 Å². The molecule has 0 saturated heterocycles. The van der Waals surface area contributed by atoms with Gasteiger partial charge in [-0.2, -0.15) is 0 Å². The van der Waals surface area contributed by atoms with Crippen molar-refractivity contribution in [3.05, 3.63) is 48.1 Å². The van der Waals surface area contributed by atoms with Crippen LogP contribution in [0.1, 0.15) is 27.2 Å². The summed E-state index contributed by atoms with van der Waals surface area (Å²) in [5.41, 5.74) is 1.53. The highest BCUT2D eigenvalue weighted by molar-refractivity contribution is 5.95. The number of amides is 2. The molecule has 4 nitrogen and oxygen atoms in total. The highest BCUT2D eigenvalue weighted by Gasteiger charge is 2.06. The molecular formula is C16H24N2O2. The summed E-state index contributed by atoms with van der Waals surface area (Å²) in [5, 5.41) is 5.30. The van der Waals surface area contributed by atoms with Crippen LogP contribution in [0.4, 0.5) is 0 Å². The van der Waals surface area contributed by atoms with E-state index in [4.69, 9.17) is 0 Å². The molecule has 0 aromatic heterocycles. The Morgan fingerprint density at radius 1 is 1.20 bits per heavy atom. The van der Waals surface area contributed by atoms with Crippen molar-refractivity contribution < 1.29 is 9.59 Å². The van der Waals surface area contributed by atoms with Crippen molar-refractivity contribution in [1.82, 2.24) is 10.6 Å². The fraction of sp³-hybridized carbons (Fsp3) is 0.375. The lowest BCUT2D eigenvalue weighted by Gasteiger charge is -2.07. The van der Waals surface area contributed by atoms with Gasteiger partial charge in [-0.1, -0.05) is 43.9 Å². The minimum absolute atomic E-state index is 0.0260. The SMILES string of the molecule is C=C/C(=C\C=C/C)CNC(=O)CNC(=O)/C(C)=C/CC. The lowest BCUT2D eigenvalue weighted by Crippen LogP contribution is -2.37. The van der Waals surface area contributed by atoms with Crippen LogP contribution in [0, 0.1) is 0 Å². The molecule has 0 spiro atoms. The van der Waals surface area contributed by atoms with Crippen LogP contribution < -0.4 is 10.6 Å². The maximum atomic E-state index is 11.6. The molecule has 0 atom stereocenters. The molecule has 0 heterocycles. The number of hydrogen-bond acceptors (Lipinski definition) is 2. The monoisotopic (exact) mass is 276 g/mol. The van der Waals surface area contributed by atoms with Crippen LogP contribution >= 0.6 is 0 Å². The summed E-state index contributed by atoms with van der Waals surface area (Å²) in [6.07, 6.45) is 9.96. The third-order valence-electron chi connectivity index (χ3n) is 2.53. The molecule has 0 fully saturated rings. The van der Waals surface area contributed by atoms with Gasteiger partial charge in [0, 0.05) is 12.1 Å². The molecule has 0 aliphatic heterocycles. The van der Waals surface area contributed by atoms with E-state index in [1.54, 1.807) is 13.0 Å². The quantitative estimate of drug-likeness (QED) is 0.528. The smallest absolute Gasteiger partial charge is 0.247 e. The predicted octanol–water partition coefficient (Wildman–Crippen LogP) is 2.26. The fourth-order valence-corrected chi connectivity index (χ4v) is 1.38. The van der Waals surface area contributed by atoms with Crippen molar-refractivity contribution >= 4 is 11.8 Å². The third kappa shape index (κ3) is 8.08. The standard InChI is InChI=1S/C16H24N2O2/c1-5-8-10-14(7-3)11-17-15(19)12-18-16(20)13(4)9-6-2/h5,7-10H,3,6,11-12H2,1-2,4H3,(H,17,19)(H,18,20)/b8-5-,13-9+,14-10+. The molecule has 2 N–H and O–H groups in total. The van der Waals surface area contributed by atoms with E-state index in [-0.39, 0.29) is 18.4 Å². The van der Waals surface area contributed by atoms with E-state index in [0.717, 1.165) is 12.0 Å². The van der Waals surface area contributed by atoms with Crippen LogP contribution in [0.5, 0.6) is 0 Å². The third-order valence-corrected chi connectivity index (χ3v) is 2.53. The first-order chi connectivity index (χ1) is 9.54. The Hall–Kier alpha value is -2.10. The van der Waals surface area contributed by atoms with Gasteiger partial charge < -0.3 is 10.6 Å². The second-order valence-corrected chi connectivity index (χ2v) is 4.23. The van der Waals surface area contributed by atoms with Crippen LogP contribution in [0.25, 0.3) is 0 Å². The van der Waals surface area contributed by atoms with E-state index in [1.807, 2.05) is 38.2 Å². The predicted molar refractivity (Wildman–Crippen MR) is 83.2 cm³/mol. The van der Waals surface area contributed by atoms with Gasteiger partial charge in [0.2, 0.25) is 11.8 Å². The molecule has 0 radical (unpaired) electrons. The van der Waals surface area contributed by atoms with Gasteiger partial charge in [0.25, 0.3) is 0 Å². The molecule has 0 bridgehead atoms. The number of carbonyl (C=O) groups excluding carboxylic acids is 2. The van der Waals surface area contributed by atoms with Crippen LogP contribution in [-0.2, 0) is 9.59 Å². The molecule has 20 heavy (non-hydrogen) atoms. The summed E-state index contributed by atoms with van der Waals surface area (Å²) < 4.78 is 0. The number of rotatable bonds is 8. The number of nitrogens with one attached hydrogen (secondary N) is 2. The molecule has 0 rings (SSSR count). The molecule has 0 aromatic rings.